The third kappa shape index (κ3) is 9.55. The molecule has 0 aliphatic heterocycles. The number of hydrogen-bond acceptors (Lipinski definition) is 8. The molecule has 0 aliphatic carbocycles. The largest absolute Gasteiger partial charge is 0.480 e. The van der Waals surface area contributed by atoms with Gasteiger partial charge in [-0.2, -0.15) is 0 Å². The van der Waals surface area contributed by atoms with E-state index in [2.05, 4.69) is 25.9 Å². The first kappa shape index (κ1) is 26.0. The van der Waals surface area contributed by atoms with Crippen LogP contribution in [0.2, 0.25) is 0 Å². The van der Waals surface area contributed by atoms with Crippen molar-refractivity contribution in [1.29, 1.82) is 0 Å². The van der Waals surface area contributed by atoms with Crippen LogP contribution in [-0.2, 0) is 25.6 Å². The number of imidazole rings is 1. The number of carboxylic acids is 1. The number of carboxylic acid groups (broad SMARTS) is 1. The van der Waals surface area contributed by atoms with Crippen LogP contribution in [0.25, 0.3) is 0 Å². The van der Waals surface area contributed by atoms with Crippen molar-refractivity contribution >= 4 is 23.7 Å². The molecule has 4 unspecified atom stereocenters. The number of H-pyrrole nitrogens is 1. The van der Waals surface area contributed by atoms with E-state index in [1.165, 1.54) is 19.4 Å². The van der Waals surface area contributed by atoms with Crippen LogP contribution in [0.15, 0.2) is 12.5 Å². The van der Waals surface area contributed by atoms with Crippen molar-refractivity contribution in [3.63, 3.8) is 0 Å². The summed E-state index contributed by atoms with van der Waals surface area (Å²) in [5, 5.41) is 26.0. The van der Waals surface area contributed by atoms with Gasteiger partial charge in [-0.3, -0.25) is 14.4 Å². The summed E-state index contributed by atoms with van der Waals surface area (Å²) < 4.78 is 0. The quantitative estimate of drug-likeness (QED) is 0.137. The van der Waals surface area contributed by atoms with Gasteiger partial charge in [0.1, 0.15) is 12.1 Å². The molecule has 3 amide bonds. The van der Waals surface area contributed by atoms with Gasteiger partial charge >= 0.3 is 5.97 Å². The monoisotopic (exact) mass is 441 g/mol. The van der Waals surface area contributed by atoms with Crippen LogP contribution >= 0.6 is 0 Å². The van der Waals surface area contributed by atoms with Crippen molar-refractivity contribution in [2.24, 2.45) is 11.5 Å². The highest BCUT2D eigenvalue weighted by Crippen LogP contribution is 2.03. The van der Waals surface area contributed by atoms with Gasteiger partial charge in [0.2, 0.25) is 17.7 Å². The topological polar surface area (TPSA) is 226 Å². The predicted molar refractivity (Wildman–Crippen MR) is 109 cm³/mol. The highest BCUT2D eigenvalue weighted by atomic mass is 16.4. The Morgan fingerprint density at radius 3 is 2.45 bits per heavy atom. The number of carbonyl (C=O) groups excluding carboxylic acids is 3. The molecule has 0 radical (unpaired) electrons. The van der Waals surface area contributed by atoms with Crippen LogP contribution in [-0.4, -0.2) is 81.2 Å². The summed E-state index contributed by atoms with van der Waals surface area (Å²) in [6, 6.07) is -3.51. The summed E-state index contributed by atoms with van der Waals surface area (Å²) in [6.07, 6.45) is 3.09. The maximum atomic E-state index is 12.4. The second kappa shape index (κ2) is 13.3. The molecule has 13 nitrogen and oxygen atoms in total. The Bertz CT molecular complexity index is 725. The van der Waals surface area contributed by atoms with E-state index in [-0.39, 0.29) is 12.8 Å². The lowest BCUT2D eigenvalue weighted by Gasteiger charge is -2.23. The molecule has 1 aromatic heterocycles. The molecule has 0 aliphatic rings. The number of aliphatic hydroxyl groups excluding tert-OH is 1. The molecule has 0 saturated carbocycles. The summed E-state index contributed by atoms with van der Waals surface area (Å²) >= 11 is 0. The number of rotatable bonds is 14. The van der Waals surface area contributed by atoms with Gasteiger partial charge in [0.25, 0.3) is 0 Å². The van der Waals surface area contributed by atoms with E-state index in [1.54, 1.807) is 0 Å². The number of nitrogens with zero attached hydrogens (tertiary/aromatic N) is 1. The average molecular weight is 441 g/mol. The molecule has 0 saturated heterocycles. The Hall–Kier alpha value is -3.03. The molecule has 0 fully saturated rings. The molecule has 1 aromatic rings. The third-order valence-corrected chi connectivity index (χ3v) is 4.40. The Balaban J connectivity index is 2.56. The number of aliphatic carboxylic acids is 1. The lowest BCUT2D eigenvalue weighted by Crippen LogP contribution is -2.57. The van der Waals surface area contributed by atoms with E-state index in [1.807, 2.05) is 0 Å². The molecule has 0 aromatic carbocycles. The first-order chi connectivity index (χ1) is 14.6. The summed E-state index contributed by atoms with van der Waals surface area (Å²) in [6.45, 7) is 1.18. The van der Waals surface area contributed by atoms with Gasteiger partial charge in [0, 0.05) is 18.3 Å². The molecule has 4 atom stereocenters. The zero-order valence-electron chi connectivity index (χ0n) is 17.3. The second-order valence-corrected chi connectivity index (χ2v) is 7.07. The molecular formula is C18H31N7O6. The molecule has 0 bridgehead atoms. The van der Waals surface area contributed by atoms with E-state index in [4.69, 9.17) is 11.5 Å². The Morgan fingerprint density at radius 1 is 1.19 bits per heavy atom. The van der Waals surface area contributed by atoms with Gasteiger partial charge in [-0.25, -0.2) is 9.78 Å². The lowest BCUT2D eigenvalue weighted by molar-refractivity contribution is -0.143. The van der Waals surface area contributed by atoms with Gasteiger partial charge in [0.05, 0.1) is 25.0 Å². The van der Waals surface area contributed by atoms with E-state index in [0.717, 1.165) is 0 Å². The van der Waals surface area contributed by atoms with Crippen molar-refractivity contribution in [3.8, 4) is 0 Å². The van der Waals surface area contributed by atoms with Crippen molar-refractivity contribution in [1.82, 2.24) is 25.9 Å². The molecular weight excluding hydrogens is 410 g/mol. The average Bonchev–Trinajstić information content (AvgIpc) is 3.21. The Morgan fingerprint density at radius 2 is 1.90 bits per heavy atom. The van der Waals surface area contributed by atoms with Gasteiger partial charge in [0.15, 0.2) is 0 Å². The summed E-state index contributed by atoms with van der Waals surface area (Å²) in [5.41, 5.74) is 11.8. The molecule has 1 rings (SSSR count). The number of nitrogens with two attached hydrogens (primary N) is 2. The summed E-state index contributed by atoms with van der Waals surface area (Å²) in [4.78, 5) is 54.5. The number of aromatic amines is 1. The van der Waals surface area contributed by atoms with Crippen LogP contribution < -0.4 is 27.4 Å². The second-order valence-electron chi connectivity index (χ2n) is 7.07. The minimum Gasteiger partial charge on any atom is -0.480 e. The normalized spacial score (nSPS) is 14.7. The van der Waals surface area contributed by atoms with Crippen LogP contribution in [0.5, 0.6) is 0 Å². The van der Waals surface area contributed by atoms with Crippen LogP contribution in [0.3, 0.4) is 0 Å². The van der Waals surface area contributed by atoms with E-state index in [0.29, 0.717) is 25.1 Å². The van der Waals surface area contributed by atoms with Crippen molar-refractivity contribution < 1.29 is 29.4 Å². The van der Waals surface area contributed by atoms with Crippen molar-refractivity contribution in [2.45, 2.75) is 56.8 Å². The molecule has 13 heteroatoms. The van der Waals surface area contributed by atoms with Gasteiger partial charge in [-0.05, 0) is 32.7 Å². The molecule has 0 spiro atoms. The highest BCUT2D eigenvalue weighted by Gasteiger charge is 2.29. The highest BCUT2D eigenvalue weighted by molar-refractivity contribution is 5.92. The predicted octanol–water partition coefficient (Wildman–Crippen LogP) is -3.04. The number of amides is 3. The number of hydrogen-bond donors (Lipinski definition) is 8. The first-order valence-electron chi connectivity index (χ1n) is 9.86. The zero-order chi connectivity index (χ0) is 23.4. The van der Waals surface area contributed by atoms with Crippen LogP contribution in [0.1, 0.15) is 31.9 Å². The number of aromatic nitrogens is 2. The number of aliphatic hydroxyl groups is 1. The van der Waals surface area contributed by atoms with Crippen LogP contribution in [0, 0.1) is 0 Å². The maximum absolute atomic E-state index is 12.4. The third-order valence-electron chi connectivity index (χ3n) is 4.40. The molecule has 31 heavy (non-hydrogen) atoms. The molecule has 1 heterocycles. The van der Waals surface area contributed by atoms with Gasteiger partial charge < -0.3 is 42.6 Å². The minimum atomic E-state index is -1.40. The number of unbranched alkanes of at least 4 members (excludes halogenated alkanes) is 1. The zero-order valence-corrected chi connectivity index (χ0v) is 17.3. The van der Waals surface area contributed by atoms with Crippen molar-refractivity contribution in [3.05, 3.63) is 18.2 Å². The van der Waals surface area contributed by atoms with Crippen molar-refractivity contribution in [2.75, 3.05) is 13.1 Å². The van der Waals surface area contributed by atoms with E-state index >= 15 is 0 Å². The van der Waals surface area contributed by atoms with E-state index in [9.17, 15) is 29.4 Å². The summed E-state index contributed by atoms with van der Waals surface area (Å²) in [5.74, 6) is -3.43. The smallest absolute Gasteiger partial charge is 0.326 e. The molecule has 174 valence electrons. The van der Waals surface area contributed by atoms with E-state index < -0.39 is 54.5 Å². The van der Waals surface area contributed by atoms with Gasteiger partial charge in [-0.15, -0.1) is 0 Å². The number of carbonyl (C=O) groups is 4. The Kier molecular flexibility index (Phi) is 11.2. The fraction of sp³-hybridized carbons (Fsp3) is 0.611. The fourth-order valence-corrected chi connectivity index (χ4v) is 2.67. The minimum absolute atomic E-state index is 0.156. The summed E-state index contributed by atoms with van der Waals surface area (Å²) in [7, 11) is 0. The maximum Gasteiger partial charge on any atom is 0.326 e. The first-order valence-corrected chi connectivity index (χ1v) is 9.86. The van der Waals surface area contributed by atoms with Crippen LogP contribution in [0.4, 0.5) is 0 Å². The Labute approximate surface area is 179 Å². The SMILES string of the molecule is CC(O)C(NC(=O)CNC(=O)C(N)Cc1cnc[nH]1)C(=O)NC(CCCCN)C(=O)O. The number of nitrogens with one attached hydrogen (secondary N) is 4. The lowest BCUT2D eigenvalue weighted by atomic mass is 10.1. The molecule has 10 N–H and O–H groups in total. The fourth-order valence-electron chi connectivity index (χ4n) is 2.67. The standard InChI is InChI=1S/C18H31N7O6/c1-10(26)15(17(29)24-13(18(30)31)4-2-3-5-19)25-14(27)8-22-16(28)12(20)6-11-7-21-9-23-11/h7,9-10,12-13,15,26H,2-6,8,19-20H2,1H3,(H,21,23)(H,22,28)(H,24,29)(H,25,27)(H,30,31). The van der Waals surface area contributed by atoms with Gasteiger partial charge in [-0.1, -0.05) is 0 Å².